The molecule has 0 spiro atoms. The molecule has 1 fully saturated rings. The van der Waals surface area contributed by atoms with Crippen LogP contribution in [0, 0.1) is 0 Å². The van der Waals surface area contributed by atoms with Gasteiger partial charge in [0.25, 0.3) is 5.91 Å². The van der Waals surface area contributed by atoms with E-state index in [4.69, 9.17) is 0 Å². The molecule has 1 unspecified atom stereocenters. The maximum atomic E-state index is 12.3. The number of rotatable bonds is 5. The van der Waals surface area contributed by atoms with Crippen LogP contribution in [-0.4, -0.2) is 42.6 Å². The lowest BCUT2D eigenvalue weighted by atomic mass is 10.1. The number of hydrogen-bond donors (Lipinski definition) is 1. The summed E-state index contributed by atoms with van der Waals surface area (Å²) in [6.45, 7) is 4.10. The summed E-state index contributed by atoms with van der Waals surface area (Å²) in [5.74, 6) is -0.377. The molecule has 2 amide bonds. The van der Waals surface area contributed by atoms with E-state index in [0.29, 0.717) is 18.5 Å². The number of aldehydes is 1. The topological polar surface area (TPSA) is 66.5 Å². The lowest BCUT2D eigenvalue weighted by molar-refractivity contribution is -0.136. The van der Waals surface area contributed by atoms with E-state index in [9.17, 15) is 14.4 Å². The van der Waals surface area contributed by atoms with Gasteiger partial charge in [-0.05, 0) is 25.8 Å². The minimum Gasteiger partial charge on any atom is -0.357 e. The molecule has 0 aromatic carbocycles. The zero-order chi connectivity index (χ0) is 14.4. The maximum Gasteiger partial charge on any atom is 0.254 e. The Bertz CT molecular complexity index is 438. The van der Waals surface area contributed by atoms with Crippen molar-refractivity contribution >= 4 is 18.1 Å². The van der Waals surface area contributed by atoms with Crippen LogP contribution >= 0.6 is 0 Å². The van der Waals surface area contributed by atoms with Crippen LogP contribution in [-0.2, 0) is 14.4 Å². The fourth-order valence-corrected chi connectivity index (χ4v) is 2.26. The summed E-state index contributed by atoms with van der Waals surface area (Å²) in [5, 5.41) is 2.55. The van der Waals surface area contributed by atoms with Crippen LogP contribution < -0.4 is 5.32 Å². The number of nitrogens with one attached hydrogen (secondary N) is 1. The van der Waals surface area contributed by atoms with Crippen LogP contribution in [0.4, 0.5) is 0 Å². The SMILES string of the molecule is C/C=C1/CN(C(CCC=O)C(=O)NC)C(=O)/C1=C/C. The van der Waals surface area contributed by atoms with Gasteiger partial charge in [0.15, 0.2) is 0 Å². The minimum atomic E-state index is -0.588. The highest BCUT2D eigenvalue weighted by Crippen LogP contribution is 2.26. The third-order valence-corrected chi connectivity index (χ3v) is 3.30. The van der Waals surface area contributed by atoms with E-state index in [2.05, 4.69) is 5.32 Å². The number of carbonyl (C=O) groups excluding carboxylic acids is 3. The van der Waals surface area contributed by atoms with Gasteiger partial charge >= 0.3 is 0 Å². The van der Waals surface area contributed by atoms with E-state index >= 15 is 0 Å². The summed E-state index contributed by atoms with van der Waals surface area (Å²) in [4.78, 5) is 36.2. The van der Waals surface area contributed by atoms with Crippen LogP contribution in [0.1, 0.15) is 26.7 Å². The third kappa shape index (κ3) is 3.10. The highest BCUT2D eigenvalue weighted by atomic mass is 16.2. The Morgan fingerprint density at radius 1 is 1.42 bits per heavy atom. The fourth-order valence-electron chi connectivity index (χ4n) is 2.26. The highest BCUT2D eigenvalue weighted by molar-refractivity contribution is 6.03. The van der Waals surface area contributed by atoms with E-state index in [1.54, 1.807) is 13.0 Å². The van der Waals surface area contributed by atoms with Gasteiger partial charge < -0.3 is 15.0 Å². The predicted molar refractivity (Wildman–Crippen MR) is 72.4 cm³/mol. The molecule has 0 radical (unpaired) electrons. The van der Waals surface area contributed by atoms with E-state index in [0.717, 1.165) is 11.9 Å². The molecule has 1 aliphatic rings. The van der Waals surface area contributed by atoms with Crippen LogP contribution in [0.15, 0.2) is 23.3 Å². The summed E-state index contributed by atoms with van der Waals surface area (Å²) in [5.41, 5.74) is 1.56. The smallest absolute Gasteiger partial charge is 0.254 e. The monoisotopic (exact) mass is 264 g/mol. The van der Waals surface area contributed by atoms with Gasteiger partial charge in [-0.25, -0.2) is 0 Å². The molecule has 0 saturated carbocycles. The first-order valence-corrected chi connectivity index (χ1v) is 6.38. The molecular formula is C14H20N2O3. The number of allylic oxidation sites excluding steroid dienone is 2. The lowest BCUT2D eigenvalue weighted by Gasteiger charge is -2.25. The van der Waals surface area contributed by atoms with Crippen molar-refractivity contribution in [2.24, 2.45) is 0 Å². The van der Waals surface area contributed by atoms with E-state index in [1.807, 2.05) is 13.0 Å². The molecule has 1 heterocycles. The van der Waals surface area contributed by atoms with E-state index in [1.165, 1.54) is 11.9 Å². The van der Waals surface area contributed by atoms with Gasteiger partial charge in [-0.15, -0.1) is 0 Å². The van der Waals surface area contributed by atoms with E-state index in [-0.39, 0.29) is 18.2 Å². The van der Waals surface area contributed by atoms with E-state index < -0.39 is 6.04 Å². The molecule has 104 valence electrons. The molecule has 5 nitrogen and oxygen atoms in total. The number of likely N-dealkylation sites (tertiary alicyclic amines) is 1. The van der Waals surface area contributed by atoms with Crippen molar-refractivity contribution in [3.8, 4) is 0 Å². The number of likely N-dealkylation sites (N-methyl/N-ethyl adjacent to an activating group) is 1. The molecule has 0 aromatic heterocycles. The molecular weight excluding hydrogens is 244 g/mol. The van der Waals surface area contributed by atoms with Crippen molar-refractivity contribution in [1.29, 1.82) is 0 Å². The van der Waals surface area contributed by atoms with Crippen LogP contribution in [0.5, 0.6) is 0 Å². The largest absolute Gasteiger partial charge is 0.357 e. The fraction of sp³-hybridized carbons (Fsp3) is 0.500. The Balaban J connectivity index is 3.01. The quantitative estimate of drug-likeness (QED) is 0.590. The van der Waals surface area contributed by atoms with Crippen LogP contribution in [0.25, 0.3) is 0 Å². The summed E-state index contributed by atoms with van der Waals surface area (Å²) in [7, 11) is 1.53. The standard InChI is InChI=1S/C14H20N2O3/c1-4-10-9-16(14(19)11(10)5-2)12(7-6-8-17)13(18)15-3/h4-5,8,12H,6-7,9H2,1-3H3,(H,15,18)/b10-4-,11-5+. The lowest BCUT2D eigenvalue weighted by Crippen LogP contribution is -2.46. The number of hydrogen-bond acceptors (Lipinski definition) is 3. The predicted octanol–water partition coefficient (Wildman–Crippen LogP) is 0.815. The molecule has 19 heavy (non-hydrogen) atoms. The Hall–Kier alpha value is -1.91. The van der Waals surface area contributed by atoms with Crippen molar-refractivity contribution in [3.63, 3.8) is 0 Å². The van der Waals surface area contributed by atoms with Gasteiger partial charge in [-0.2, -0.15) is 0 Å². The molecule has 5 heteroatoms. The second-order valence-corrected chi connectivity index (χ2v) is 4.32. The molecule has 1 aliphatic heterocycles. The Morgan fingerprint density at radius 3 is 2.53 bits per heavy atom. The summed E-state index contributed by atoms with van der Waals surface area (Å²) >= 11 is 0. The Kier molecular flexibility index (Phi) is 5.48. The van der Waals surface area contributed by atoms with Gasteiger partial charge in [0.1, 0.15) is 12.3 Å². The normalized spacial score (nSPS) is 21.0. The van der Waals surface area contributed by atoms with Gasteiger partial charge in [-0.3, -0.25) is 9.59 Å². The molecule has 0 aliphatic carbocycles. The first-order chi connectivity index (χ1) is 9.10. The van der Waals surface area contributed by atoms with Gasteiger partial charge in [0, 0.05) is 25.6 Å². The van der Waals surface area contributed by atoms with Gasteiger partial charge in [0.05, 0.1) is 0 Å². The molecule has 1 N–H and O–H groups in total. The average molecular weight is 264 g/mol. The van der Waals surface area contributed by atoms with Crippen LogP contribution in [0.2, 0.25) is 0 Å². The van der Waals surface area contributed by atoms with Gasteiger partial charge in [0.2, 0.25) is 5.91 Å². The maximum absolute atomic E-state index is 12.3. The van der Waals surface area contributed by atoms with Crippen molar-refractivity contribution in [2.75, 3.05) is 13.6 Å². The number of carbonyl (C=O) groups is 3. The molecule has 0 bridgehead atoms. The average Bonchev–Trinajstić information content (AvgIpc) is 2.75. The zero-order valence-electron chi connectivity index (χ0n) is 11.6. The zero-order valence-corrected chi connectivity index (χ0v) is 11.6. The summed E-state index contributed by atoms with van der Waals surface area (Å²) in [6, 6.07) is -0.588. The van der Waals surface area contributed by atoms with Gasteiger partial charge in [-0.1, -0.05) is 12.2 Å². The van der Waals surface area contributed by atoms with Crippen molar-refractivity contribution < 1.29 is 14.4 Å². The Morgan fingerprint density at radius 2 is 2.11 bits per heavy atom. The first-order valence-electron chi connectivity index (χ1n) is 6.38. The van der Waals surface area contributed by atoms with Crippen molar-refractivity contribution in [1.82, 2.24) is 10.2 Å². The number of nitrogens with zero attached hydrogens (tertiary/aromatic N) is 1. The Labute approximate surface area is 113 Å². The summed E-state index contributed by atoms with van der Waals surface area (Å²) in [6.07, 6.45) is 5.02. The minimum absolute atomic E-state index is 0.143. The van der Waals surface area contributed by atoms with Crippen LogP contribution in [0.3, 0.4) is 0 Å². The van der Waals surface area contributed by atoms with Crippen molar-refractivity contribution in [3.05, 3.63) is 23.3 Å². The van der Waals surface area contributed by atoms with Crippen molar-refractivity contribution in [2.45, 2.75) is 32.7 Å². The highest BCUT2D eigenvalue weighted by Gasteiger charge is 2.36. The molecule has 0 aromatic rings. The number of amides is 2. The first kappa shape index (κ1) is 15.1. The second-order valence-electron chi connectivity index (χ2n) is 4.32. The summed E-state index contributed by atoms with van der Waals surface area (Å²) < 4.78 is 0. The second kappa shape index (κ2) is 6.87. The third-order valence-electron chi connectivity index (χ3n) is 3.30. The molecule has 1 saturated heterocycles. The molecule has 1 atom stereocenters. The molecule has 1 rings (SSSR count).